The number of aromatic nitrogens is 2. The maximum Gasteiger partial charge on any atom is 0.310 e. The molecular formula is C15H17FN2O2. The zero-order valence-electron chi connectivity index (χ0n) is 11.9. The van der Waals surface area contributed by atoms with E-state index in [4.69, 9.17) is 5.11 Å². The highest BCUT2D eigenvalue weighted by Gasteiger charge is 2.23. The van der Waals surface area contributed by atoms with Gasteiger partial charge < -0.3 is 5.11 Å². The van der Waals surface area contributed by atoms with E-state index in [0.717, 1.165) is 16.9 Å². The topological polar surface area (TPSA) is 55.1 Å². The average molecular weight is 276 g/mol. The molecule has 0 spiro atoms. The Hall–Kier alpha value is -2.17. The molecule has 0 amide bonds. The van der Waals surface area contributed by atoms with E-state index in [1.807, 2.05) is 6.92 Å². The van der Waals surface area contributed by atoms with Crippen LogP contribution in [0.1, 0.15) is 35.4 Å². The molecule has 0 saturated heterocycles. The lowest BCUT2D eigenvalue weighted by atomic mass is 9.99. The van der Waals surface area contributed by atoms with Gasteiger partial charge in [-0.3, -0.25) is 4.79 Å². The van der Waals surface area contributed by atoms with Gasteiger partial charge in [0.2, 0.25) is 0 Å². The third-order valence-electron chi connectivity index (χ3n) is 3.54. The Bertz CT molecular complexity index is 677. The van der Waals surface area contributed by atoms with E-state index in [1.54, 1.807) is 31.5 Å². The van der Waals surface area contributed by atoms with Crippen molar-refractivity contribution in [2.24, 2.45) is 0 Å². The van der Waals surface area contributed by atoms with Gasteiger partial charge in [-0.1, -0.05) is 0 Å². The van der Waals surface area contributed by atoms with Crippen LogP contribution in [-0.4, -0.2) is 20.9 Å². The van der Waals surface area contributed by atoms with Crippen LogP contribution >= 0.6 is 0 Å². The molecule has 1 unspecified atom stereocenters. The van der Waals surface area contributed by atoms with E-state index < -0.39 is 11.9 Å². The van der Waals surface area contributed by atoms with Gasteiger partial charge in [-0.05, 0) is 51.5 Å². The van der Waals surface area contributed by atoms with Crippen molar-refractivity contribution in [3.8, 4) is 5.69 Å². The van der Waals surface area contributed by atoms with Gasteiger partial charge in [0.25, 0.3) is 0 Å². The number of nitrogens with zero attached hydrogens (tertiary/aromatic N) is 2. The Labute approximate surface area is 116 Å². The number of halogens is 1. The molecule has 0 aliphatic heterocycles. The van der Waals surface area contributed by atoms with E-state index in [9.17, 15) is 9.18 Å². The van der Waals surface area contributed by atoms with Crippen LogP contribution in [0.2, 0.25) is 0 Å². The normalized spacial score (nSPS) is 12.4. The molecule has 106 valence electrons. The summed E-state index contributed by atoms with van der Waals surface area (Å²) in [6.07, 6.45) is 0. The summed E-state index contributed by atoms with van der Waals surface area (Å²) in [7, 11) is 0. The first-order chi connectivity index (χ1) is 9.32. The number of benzene rings is 1. The molecule has 4 nitrogen and oxygen atoms in total. The van der Waals surface area contributed by atoms with Crippen LogP contribution in [0.4, 0.5) is 4.39 Å². The number of rotatable bonds is 3. The molecule has 1 atom stereocenters. The molecule has 1 N–H and O–H groups in total. The predicted octanol–water partition coefficient (Wildman–Crippen LogP) is 3.12. The number of carboxylic acids is 1. The fourth-order valence-electron chi connectivity index (χ4n) is 2.50. The second-order valence-electron chi connectivity index (χ2n) is 4.99. The minimum atomic E-state index is -0.883. The van der Waals surface area contributed by atoms with Crippen molar-refractivity contribution in [2.75, 3.05) is 0 Å². The smallest absolute Gasteiger partial charge is 0.310 e. The number of carboxylic acid groups (broad SMARTS) is 1. The highest BCUT2D eigenvalue weighted by molar-refractivity contribution is 5.76. The van der Waals surface area contributed by atoms with E-state index in [2.05, 4.69) is 5.10 Å². The summed E-state index contributed by atoms with van der Waals surface area (Å²) in [5.74, 6) is -1.80. The summed E-state index contributed by atoms with van der Waals surface area (Å²) in [5.41, 5.74) is 3.68. The van der Waals surface area contributed by atoms with Gasteiger partial charge in [-0.25, -0.2) is 9.07 Å². The van der Waals surface area contributed by atoms with Crippen molar-refractivity contribution in [1.82, 2.24) is 9.78 Å². The van der Waals surface area contributed by atoms with Crippen LogP contribution in [0.15, 0.2) is 18.2 Å². The second kappa shape index (κ2) is 5.07. The summed E-state index contributed by atoms with van der Waals surface area (Å²) < 4.78 is 14.9. The van der Waals surface area contributed by atoms with E-state index in [0.29, 0.717) is 11.3 Å². The molecule has 1 aromatic carbocycles. The van der Waals surface area contributed by atoms with Gasteiger partial charge in [-0.2, -0.15) is 5.10 Å². The molecule has 0 radical (unpaired) electrons. The number of aryl methyl sites for hydroxylation is 2. The number of aliphatic carboxylic acids is 1. The van der Waals surface area contributed by atoms with Crippen LogP contribution in [0.25, 0.3) is 5.69 Å². The Morgan fingerprint density at radius 2 is 2.00 bits per heavy atom. The van der Waals surface area contributed by atoms with Gasteiger partial charge >= 0.3 is 5.97 Å². The highest BCUT2D eigenvalue weighted by Crippen LogP contribution is 2.26. The standard InChI is InChI=1S/C15H17FN2O2/c1-8-7-12(16)5-6-13(8)18-11(4)14(10(3)17-18)9(2)15(19)20/h5-7,9H,1-4H3,(H,19,20). The average Bonchev–Trinajstić information content (AvgIpc) is 2.64. The molecule has 2 aromatic rings. The number of carbonyl (C=O) groups is 1. The van der Waals surface area contributed by atoms with E-state index in [-0.39, 0.29) is 5.82 Å². The molecule has 5 heteroatoms. The molecule has 0 aliphatic rings. The molecule has 0 aliphatic carbocycles. The maximum atomic E-state index is 13.2. The van der Waals surface area contributed by atoms with Crippen LogP contribution in [0, 0.1) is 26.6 Å². The first-order valence-electron chi connectivity index (χ1n) is 6.38. The third kappa shape index (κ3) is 2.31. The van der Waals surface area contributed by atoms with E-state index >= 15 is 0 Å². The Balaban J connectivity index is 2.60. The van der Waals surface area contributed by atoms with Crippen LogP contribution in [-0.2, 0) is 4.79 Å². The minimum Gasteiger partial charge on any atom is -0.481 e. The zero-order valence-corrected chi connectivity index (χ0v) is 11.9. The zero-order chi connectivity index (χ0) is 15.0. The van der Waals surface area contributed by atoms with Crippen molar-refractivity contribution in [2.45, 2.75) is 33.6 Å². The van der Waals surface area contributed by atoms with Gasteiger partial charge in [0.15, 0.2) is 0 Å². The fourth-order valence-corrected chi connectivity index (χ4v) is 2.50. The number of hydrogen-bond donors (Lipinski definition) is 1. The lowest BCUT2D eigenvalue weighted by Crippen LogP contribution is -2.10. The van der Waals surface area contributed by atoms with Crippen molar-refractivity contribution < 1.29 is 14.3 Å². The lowest BCUT2D eigenvalue weighted by molar-refractivity contribution is -0.138. The van der Waals surface area contributed by atoms with Crippen LogP contribution in [0.5, 0.6) is 0 Å². The molecule has 1 heterocycles. The lowest BCUT2D eigenvalue weighted by Gasteiger charge is -2.10. The Morgan fingerprint density at radius 1 is 1.35 bits per heavy atom. The predicted molar refractivity (Wildman–Crippen MR) is 73.8 cm³/mol. The third-order valence-corrected chi connectivity index (χ3v) is 3.54. The molecule has 0 fully saturated rings. The first-order valence-corrected chi connectivity index (χ1v) is 6.38. The summed E-state index contributed by atoms with van der Waals surface area (Å²) in [4.78, 5) is 11.2. The summed E-state index contributed by atoms with van der Waals surface area (Å²) in [5, 5.41) is 13.6. The van der Waals surface area contributed by atoms with Crippen molar-refractivity contribution >= 4 is 5.97 Å². The quantitative estimate of drug-likeness (QED) is 0.937. The Morgan fingerprint density at radius 3 is 2.55 bits per heavy atom. The Kier molecular flexibility index (Phi) is 3.61. The summed E-state index contributed by atoms with van der Waals surface area (Å²) in [6.45, 7) is 7.06. The van der Waals surface area contributed by atoms with Crippen LogP contribution < -0.4 is 0 Å². The highest BCUT2D eigenvalue weighted by atomic mass is 19.1. The fraction of sp³-hybridized carbons (Fsp3) is 0.333. The summed E-state index contributed by atoms with van der Waals surface area (Å²) >= 11 is 0. The molecule has 1 aromatic heterocycles. The monoisotopic (exact) mass is 276 g/mol. The van der Waals surface area contributed by atoms with Gasteiger partial charge in [-0.15, -0.1) is 0 Å². The summed E-state index contributed by atoms with van der Waals surface area (Å²) in [6, 6.07) is 4.46. The molecule has 0 bridgehead atoms. The number of hydrogen-bond acceptors (Lipinski definition) is 2. The van der Waals surface area contributed by atoms with E-state index in [1.165, 1.54) is 12.1 Å². The molecule has 20 heavy (non-hydrogen) atoms. The van der Waals surface area contributed by atoms with Gasteiger partial charge in [0.1, 0.15) is 5.82 Å². The maximum absolute atomic E-state index is 13.2. The molecular weight excluding hydrogens is 259 g/mol. The first kappa shape index (κ1) is 14.2. The molecule has 2 rings (SSSR count). The van der Waals surface area contributed by atoms with Crippen molar-refractivity contribution in [3.63, 3.8) is 0 Å². The van der Waals surface area contributed by atoms with Gasteiger partial charge in [0, 0.05) is 11.3 Å². The minimum absolute atomic E-state index is 0.299. The van der Waals surface area contributed by atoms with Crippen LogP contribution in [0.3, 0.4) is 0 Å². The largest absolute Gasteiger partial charge is 0.481 e. The SMILES string of the molecule is Cc1cc(F)ccc1-n1nc(C)c(C(C)C(=O)O)c1C. The van der Waals surface area contributed by atoms with Gasteiger partial charge in [0.05, 0.1) is 17.3 Å². The second-order valence-corrected chi connectivity index (χ2v) is 4.99. The van der Waals surface area contributed by atoms with Crippen molar-refractivity contribution in [3.05, 3.63) is 46.5 Å². The van der Waals surface area contributed by atoms with Crippen molar-refractivity contribution in [1.29, 1.82) is 0 Å². The molecule has 0 saturated carbocycles.